The molecule has 0 unspecified atom stereocenters. The highest BCUT2D eigenvalue weighted by Crippen LogP contribution is 2.36. The van der Waals surface area contributed by atoms with E-state index in [1.165, 1.54) is 37.5 Å². The maximum absolute atomic E-state index is 14.5. The average molecular weight is 667 g/mol. The zero-order valence-corrected chi connectivity index (χ0v) is 25.8. The van der Waals surface area contributed by atoms with E-state index in [0.29, 0.717) is 15.9 Å². The third kappa shape index (κ3) is 6.05. The lowest BCUT2D eigenvalue weighted by Gasteiger charge is -2.41. The number of carbonyl (C=O) groups excluding carboxylic acids is 2. The molecule has 1 saturated heterocycles. The molecular weight excluding hydrogens is 635 g/mol. The molecule has 3 aromatic rings. The molecule has 0 bridgehead atoms. The molecule has 46 heavy (non-hydrogen) atoms. The van der Waals surface area contributed by atoms with Crippen LogP contribution in [0, 0.1) is 29.1 Å². The molecule has 1 saturated carbocycles. The largest absolute Gasteiger partial charge is 0.507 e. The third-order valence-corrected chi connectivity index (χ3v) is 10.4. The van der Waals surface area contributed by atoms with Crippen LogP contribution in [-0.4, -0.2) is 66.2 Å². The Morgan fingerprint density at radius 3 is 2.07 bits per heavy atom. The molecule has 9 nitrogen and oxygen atoms in total. The number of aromatic nitrogens is 1. The first-order valence-electron chi connectivity index (χ1n) is 14.6. The van der Waals surface area contributed by atoms with Crippen molar-refractivity contribution in [3.8, 4) is 5.75 Å². The van der Waals surface area contributed by atoms with Gasteiger partial charge in [-0.2, -0.15) is 4.31 Å². The summed E-state index contributed by atoms with van der Waals surface area (Å²) in [5.74, 6) is -14.0. The van der Waals surface area contributed by atoms with E-state index in [1.54, 1.807) is 12.3 Å². The minimum absolute atomic E-state index is 0.0384. The number of anilines is 1. The number of carbonyl (C=O) groups is 2. The number of phenols is 1. The van der Waals surface area contributed by atoms with Crippen molar-refractivity contribution < 1.29 is 45.1 Å². The quantitative estimate of drug-likeness (QED) is 0.200. The van der Waals surface area contributed by atoms with Crippen LogP contribution in [-0.2, 0) is 21.4 Å². The van der Waals surface area contributed by atoms with Crippen molar-refractivity contribution in [2.45, 2.75) is 61.9 Å². The van der Waals surface area contributed by atoms with E-state index in [-0.39, 0.29) is 24.2 Å². The molecule has 1 aliphatic carbocycles. The Kier molecular flexibility index (Phi) is 9.36. The fourth-order valence-electron chi connectivity index (χ4n) is 5.78. The van der Waals surface area contributed by atoms with Crippen molar-refractivity contribution in [3.05, 3.63) is 82.4 Å². The molecule has 0 spiro atoms. The second-order valence-electron chi connectivity index (χ2n) is 11.6. The Labute approximate surface area is 262 Å². The molecule has 1 N–H and O–H groups in total. The van der Waals surface area contributed by atoms with Crippen molar-refractivity contribution in [3.63, 3.8) is 0 Å². The summed E-state index contributed by atoms with van der Waals surface area (Å²) in [6.45, 7) is -0.682. The number of hydrogen-bond donors (Lipinski definition) is 1. The molecule has 246 valence electrons. The Balaban J connectivity index is 1.50. The highest BCUT2D eigenvalue weighted by molar-refractivity contribution is 7.89. The average Bonchev–Trinajstić information content (AvgIpc) is 3.01. The molecule has 1 aromatic heterocycles. The van der Waals surface area contributed by atoms with Crippen molar-refractivity contribution >= 4 is 27.5 Å². The summed E-state index contributed by atoms with van der Waals surface area (Å²) >= 11 is 0. The SMILES string of the molecule is CN(C)C(=O)c1ccc(N(Cc2ccc(C3CCCCC3)cn2)C(=O)[C@H]2CCN2S(=O)(=O)c2c(F)c(F)c(F)c(F)c2F)cc1O. The minimum Gasteiger partial charge on any atom is -0.507 e. The smallest absolute Gasteiger partial charge is 0.257 e. The summed E-state index contributed by atoms with van der Waals surface area (Å²) in [5.41, 5.74) is 1.38. The maximum Gasteiger partial charge on any atom is 0.257 e. The van der Waals surface area contributed by atoms with Crippen molar-refractivity contribution in [2.24, 2.45) is 0 Å². The standard InChI is InChI=1S/C31H31F5N4O5S/c1-38(2)30(42)21-11-10-20(14-23(21)41)39(16-19-9-8-18(15-37-19)17-6-4-3-5-7-17)31(43)22-12-13-40(22)46(44,45)29-27(35)25(33)24(32)26(34)28(29)36/h8-11,14-15,17,22,41H,3-7,12-13,16H2,1-2H3/t22-/m1/s1. The number of sulfonamides is 1. The second-order valence-corrected chi connectivity index (χ2v) is 13.4. The number of halogens is 5. The van der Waals surface area contributed by atoms with Gasteiger partial charge in [-0.3, -0.25) is 14.6 Å². The molecule has 15 heteroatoms. The minimum atomic E-state index is -5.39. The Bertz CT molecular complexity index is 1750. The predicted molar refractivity (Wildman–Crippen MR) is 156 cm³/mol. The van der Waals surface area contributed by atoms with Crippen LogP contribution in [0.2, 0.25) is 0 Å². The normalized spacial score (nSPS) is 17.4. The van der Waals surface area contributed by atoms with Gasteiger partial charge in [-0.1, -0.05) is 25.3 Å². The number of rotatable bonds is 8. The van der Waals surface area contributed by atoms with Crippen LogP contribution >= 0.6 is 0 Å². The molecule has 2 aromatic carbocycles. The molecule has 1 aliphatic heterocycles. The van der Waals surface area contributed by atoms with Crippen molar-refractivity contribution in [1.29, 1.82) is 0 Å². The topological polar surface area (TPSA) is 111 Å². The Morgan fingerprint density at radius 2 is 1.54 bits per heavy atom. The number of pyridine rings is 1. The monoisotopic (exact) mass is 666 g/mol. The van der Waals surface area contributed by atoms with Crippen molar-refractivity contribution in [1.82, 2.24) is 14.2 Å². The molecular formula is C31H31F5N4O5S. The van der Waals surface area contributed by atoms with Gasteiger partial charge >= 0.3 is 0 Å². The molecule has 5 rings (SSSR count). The predicted octanol–water partition coefficient (Wildman–Crippen LogP) is 5.23. The molecule has 2 aliphatic rings. The molecule has 2 amide bonds. The van der Waals surface area contributed by atoms with E-state index in [0.717, 1.165) is 42.2 Å². The first kappa shape index (κ1) is 33.3. The van der Waals surface area contributed by atoms with E-state index in [2.05, 4.69) is 4.98 Å². The molecule has 2 fully saturated rings. The van der Waals surface area contributed by atoms with Crippen LogP contribution in [0.5, 0.6) is 5.75 Å². The molecule has 1 atom stereocenters. The number of hydrogen-bond acceptors (Lipinski definition) is 6. The van der Waals surface area contributed by atoms with Gasteiger partial charge in [0.2, 0.25) is 21.7 Å². The zero-order valence-electron chi connectivity index (χ0n) is 24.9. The van der Waals surface area contributed by atoms with Gasteiger partial charge in [0.15, 0.2) is 28.2 Å². The van der Waals surface area contributed by atoms with Gasteiger partial charge in [-0.15, -0.1) is 0 Å². The lowest BCUT2D eigenvalue weighted by atomic mass is 9.85. The fraction of sp³-hybridized carbons (Fsp3) is 0.387. The van der Waals surface area contributed by atoms with Crippen LogP contribution in [0.25, 0.3) is 0 Å². The summed E-state index contributed by atoms with van der Waals surface area (Å²) < 4.78 is 97.4. The van der Waals surface area contributed by atoms with Crippen LogP contribution in [0.3, 0.4) is 0 Å². The van der Waals surface area contributed by atoms with Crippen molar-refractivity contribution in [2.75, 3.05) is 25.5 Å². The number of aromatic hydroxyl groups is 1. The van der Waals surface area contributed by atoms with Crippen LogP contribution < -0.4 is 4.90 Å². The van der Waals surface area contributed by atoms with Gasteiger partial charge in [0.1, 0.15) is 11.8 Å². The van der Waals surface area contributed by atoms with Crippen LogP contribution in [0.15, 0.2) is 41.4 Å². The van der Waals surface area contributed by atoms with E-state index in [4.69, 9.17) is 0 Å². The third-order valence-electron chi connectivity index (χ3n) is 8.43. The number of phenolic OH excluding ortho intramolecular Hbond substituents is 1. The van der Waals surface area contributed by atoms with E-state index in [1.807, 2.05) is 6.07 Å². The maximum atomic E-state index is 14.5. The van der Waals surface area contributed by atoms with E-state index >= 15 is 0 Å². The van der Waals surface area contributed by atoms with Crippen LogP contribution in [0.4, 0.5) is 27.6 Å². The Morgan fingerprint density at radius 1 is 0.913 bits per heavy atom. The van der Waals surface area contributed by atoms with Gasteiger partial charge in [0.05, 0.1) is 17.8 Å². The Hall–Kier alpha value is -4.11. The second kappa shape index (κ2) is 12.9. The van der Waals surface area contributed by atoms with E-state index < -0.39 is 74.2 Å². The van der Waals surface area contributed by atoms with Crippen LogP contribution in [0.1, 0.15) is 66.1 Å². The summed E-state index contributed by atoms with van der Waals surface area (Å²) in [6.07, 6.45) is 7.00. The number of amides is 2. The zero-order chi connectivity index (χ0) is 33.5. The molecule has 2 heterocycles. The number of benzene rings is 2. The molecule has 0 radical (unpaired) electrons. The summed E-state index contributed by atoms with van der Waals surface area (Å²) in [6, 6.07) is 5.76. The lowest BCUT2D eigenvalue weighted by molar-refractivity contribution is -0.125. The van der Waals surface area contributed by atoms with Gasteiger partial charge in [0, 0.05) is 38.6 Å². The number of nitrogens with zero attached hydrogens (tertiary/aromatic N) is 4. The summed E-state index contributed by atoms with van der Waals surface area (Å²) in [5, 5.41) is 10.7. The van der Waals surface area contributed by atoms with Gasteiger partial charge in [0.25, 0.3) is 5.91 Å². The summed E-state index contributed by atoms with van der Waals surface area (Å²) in [7, 11) is -2.43. The highest BCUT2D eigenvalue weighted by atomic mass is 32.2. The van der Waals surface area contributed by atoms with Gasteiger partial charge in [-0.25, -0.2) is 30.4 Å². The highest BCUT2D eigenvalue weighted by Gasteiger charge is 2.48. The van der Waals surface area contributed by atoms with Gasteiger partial charge in [-0.05, 0) is 48.9 Å². The fourth-order valence-corrected chi connectivity index (χ4v) is 7.52. The van der Waals surface area contributed by atoms with E-state index in [9.17, 15) is 45.1 Å². The first-order chi connectivity index (χ1) is 21.7. The first-order valence-corrected chi connectivity index (χ1v) is 16.0. The lowest BCUT2D eigenvalue weighted by Crippen LogP contribution is -2.59. The summed E-state index contributed by atoms with van der Waals surface area (Å²) in [4.78, 5) is 31.2. The van der Waals surface area contributed by atoms with Gasteiger partial charge < -0.3 is 14.9 Å².